The summed E-state index contributed by atoms with van der Waals surface area (Å²) in [5.41, 5.74) is 2.41. The van der Waals surface area contributed by atoms with Crippen molar-refractivity contribution >= 4 is 17.5 Å². The van der Waals surface area contributed by atoms with Crippen LogP contribution in [0.3, 0.4) is 0 Å². The van der Waals surface area contributed by atoms with E-state index in [1.165, 1.54) is 47.7 Å². The van der Waals surface area contributed by atoms with E-state index in [9.17, 15) is 14.0 Å². The van der Waals surface area contributed by atoms with Crippen LogP contribution in [0.2, 0.25) is 0 Å². The number of halogens is 1. The number of rotatable bonds is 7. The van der Waals surface area contributed by atoms with Crippen LogP contribution in [0, 0.1) is 5.82 Å². The predicted octanol–water partition coefficient (Wildman–Crippen LogP) is 4.01. The third kappa shape index (κ3) is 4.56. The number of hydrogen-bond acceptors (Lipinski definition) is 5. The van der Waals surface area contributed by atoms with Crippen LogP contribution in [0.1, 0.15) is 34.0 Å². The molecule has 0 radical (unpaired) electrons. The van der Waals surface area contributed by atoms with Gasteiger partial charge in [0.2, 0.25) is 5.88 Å². The Morgan fingerprint density at radius 3 is 2.24 bits per heavy atom. The lowest BCUT2D eigenvalue weighted by Gasteiger charge is -2.12. The standard InChI is InChI=1S/C22H21FN2O3S/c1-4-18-20(28-3)24-22(25(2)21(18)27)29-13-14-5-7-15(8-6-14)19(26)16-9-11-17(23)12-10-16/h5-12H,4,13H2,1-3H3. The molecule has 0 saturated carbocycles. The van der Waals surface area contributed by atoms with E-state index in [0.717, 1.165) is 5.56 Å². The molecule has 0 fully saturated rings. The van der Waals surface area contributed by atoms with Gasteiger partial charge in [-0.2, -0.15) is 4.98 Å². The van der Waals surface area contributed by atoms with Gasteiger partial charge in [0.1, 0.15) is 5.82 Å². The van der Waals surface area contributed by atoms with Crippen molar-refractivity contribution in [1.82, 2.24) is 9.55 Å². The van der Waals surface area contributed by atoms with Gasteiger partial charge in [0.25, 0.3) is 5.56 Å². The van der Waals surface area contributed by atoms with Gasteiger partial charge in [-0.3, -0.25) is 14.2 Å². The van der Waals surface area contributed by atoms with Crippen LogP contribution in [0.4, 0.5) is 4.39 Å². The Hall–Kier alpha value is -2.93. The van der Waals surface area contributed by atoms with Crippen molar-refractivity contribution in [2.24, 2.45) is 7.05 Å². The summed E-state index contributed by atoms with van der Waals surface area (Å²) in [6, 6.07) is 12.7. The molecule has 1 heterocycles. The highest BCUT2D eigenvalue weighted by Gasteiger charge is 2.14. The molecule has 7 heteroatoms. The number of carbonyl (C=O) groups is 1. The van der Waals surface area contributed by atoms with Gasteiger partial charge in [-0.1, -0.05) is 43.0 Å². The molecule has 0 bridgehead atoms. The second-order valence-electron chi connectivity index (χ2n) is 6.42. The van der Waals surface area contributed by atoms with Crippen molar-refractivity contribution in [3.8, 4) is 5.88 Å². The van der Waals surface area contributed by atoms with Crippen molar-refractivity contribution in [1.29, 1.82) is 0 Å². The summed E-state index contributed by atoms with van der Waals surface area (Å²) in [7, 11) is 3.20. The molecule has 0 aliphatic heterocycles. The number of hydrogen-bond donors (Lipinski definition) is 0. The maximum Gasteiger partial charge on any atom is 0.260 e. The van der Waals surface area contributed by atoms with E-state index in [1.54, 1.807) is 19.2 Å². The van der Waals surface area contributed by atoms with Gasteiger partial charge < -0.3 is 4.74 Å². The Kier molecular flexibility index (Phi) is 6.49. The average molecular weight is 412 g/mol. The van der Waals surface area contributed by atoms with Gasteiger partial charge in [0.05, 0.1) is 12.7 Å². The molecule has 1 aromatic heterocycles. The Morgan fingerprint density at radius 2 is 1.69 bits per heavy atom. The molecule has 3 aromatic rings. The van der Waals surface area contributed by atoms with E-state index in [0.29, 0.717) is 39.9 Å². The van der Waals surface area contributed by atoms with Gasteiger partial charge in [-0.15, -0.1) is 0 Å². The molecule has 5 nitrogen and oxygen atoms in total. The molecule has 0 unspecified atom stereocenters. The van der Waals surface area contributed by atoms with Crippen molar-refractivity contribution in [2.75, 3.05) is 7.11 Å². The van der Waals surface area contributed by atoms with Gasteiger partial charge >= 0.3 is 0 Å². The monoisotopic (exact) mass is 412 g/mol. The fraction of sp³-hybridized carbons (Fsp3) is 0.227. The molecule has 0 spiro atoms. The number of ether oxygens (including phenoxy) is 1. The zero-order valence-corrected chi connectivity index (χ0v) is 17.3. The number of benzene rings is 2. The molecule has 0 saturated heterocycles. The quantitative estimate of drug-likeness (QED) is 0.333. The third-order valence-electron chi connectivity index (χ3n) is 4.54. The number of aromatic nitrogens is 2. The van der Waals surface area contributed by atoms with Crippen LogP contribution < -0.4 is 10.3 Å². The number of methoxy groups -OCH3 is 1. The molecule has 0 N–H and O–H groups in total. The lowest BCUT2D eigenvalue weighted by Crippen LogP contribution is -2.24. The Morgan fingerprint density at radius 1 is 1.10 bits per heavy atom. The first-order valence-corrected chi connectivity index (χ1v) is 10.1. The first-order valence-electron chi connectivity index (χ1n) is 9.10. The van der Waals surface area contributed by atoms with E-state index in [2.05, 4.69) is 4.98 Å². The van der Waals surface area contributed by atoms with Crippen molar-refractivity contribution in [3.63, 3.8) is 0 Å². The summed E-state index contributed by atoms with van der Waals surface area (Å²) in [6.45, 7) is 1.89. The van der Waals surface area contributed by atoms with Crippen molar-refractivity contribution < 1.29 is 13.9 Å². The molecule has 29 heavy (non-hydrogen) atoms. The normalized spacial score (nSPS) is 10.8. The molecule has 0 atom stereocenters. The SMILES string of the molecule is CCc1c(OC)nc(SCc2ccc(C(=O)c3ccc(F)cc3)cc2)n(C)c1=O. The summed E-state index contributed by atoms with van der Waals surface area (Å²) in [4.78, 5) is 29.4. The number of carbonyl (C=O) groups excluding carboxylic acids is 1. The van der Waals surface area contributed by atoms with Gasteiger partial charge in [0, 0.05) is 23.9 Å². The topological polar surface area (TPSA) is 61.2 Å². The minimum atomic E-state index is -0.375. The van der Waals surface area contributed by atoms with Crippen LogP contribution in [-0.4, -0.2) is 22.4 Å². The fourth-order valence-electron chi connectivity index (χ4n) is 2.88. The Bertz CT molecular complexity index is 1080. The molecule has 0 amide bonds. The minimum Gasteiger partial charge on any atom is -0.481 e. The molecule has 2 aromatic carbocycles. The first-order chi connectivity index (χ1) is 13.9. The van der Waals surface area contributed by atoms with E-state index in [1.807, 2.05) is 19.1 Å². The van der Waals surface area contributed by atoms with Crippen molar-refractivity contribution in [3.05, 3.63) is 87.0 Å². The number of nitrogens with zero attached hydrogens (tertiary/aromatic N) is 2. The van der Waals surface area contributed by atoms with Gasteiger partial charge in [0.15, 0.2) is 10.9 Å². The Balaban J connectivity index is 1.74. The summed E-state index contributed by atoms with van der Waals surface area (Å²) in [5, 5.41) is 0.565. The highest BCUT2D eigenvalue weighted by molar-refractivity contribution is 7.98. The fourth-order valence-corrected chi connectivity index (χ4v) is 3.79. The van der Waals surface area contributed by atoms with Crippen LogP contribution in [-0.2, 0) is 19.2 Å². The zero-order valence-electron chi connectivity index (χ0n) is 16.4. The summed E-state index contributed by atoms with van der Waals surface area (Å²) in [6.07, 6.45) is 0.553. The summed E-state index contributed by atoms with van der Waals surface area (Å²) in [5.74, 6) is 0.409. The van der Waals surface area contributed by atoms with Crippen LogP contribution >= 0.6 is 11.8 Å². The average Bonchev–Trinajstić information content (AvgIpc) is 2.75. The largest absolute Gasteiger partial charge is 0.481 e. The maximum absolute atomic E-state index is 13.0. The second-order valence-corrected chi connectivity index (χ2v) is 7.36. The minimum absolute atomic E-state index is 0.109. The van der Waals surface area contributed by atoms with E-state index in [4.69, 9.17) is 4.74 Å². The van der Waals surface area contributed by atoms with Crippen molar-refractivity contribution in [2.45, 2.75) is 24.3 Å². The van der Waals surface area contributed by atoms with E-state index < -0.39 is 0 Å². The predicted molar refractivity (Wildman–Crippen MR) is 111 cm³/mol. The lowest BCUT2D eigenvalue weighted by molar-refractivity contribution is 0.103. The molecular weight excluding hydrogens is 391 g/mol. The van der Waals surface area contributed by atoms with E-state index in [-0.39, 0.29) is 17.2 Å². The summed E-state index contributed by atoms with van der Waals surface area (Å²) >= 11 is 1.42. The van der Waals surface area contributed by atoms with Gasteiger partial charge in [-0.25, -0.2) is 4.39 Å². The molecular formula is C22H21FN2O3S. The van der Waals surface area contributed by atoms with Crippen LogP contribution in [0.5, 0.6) is 5.88 Å². The van der Waals surface area contributed by atoms with E-state index >= 15 is 0 Å². The highest BCUT2D eigenvalue weighted by atomic mass is 32.2. The summed E-state index contributed by atoms with van der Waals surface area (Å²) < 4.78 is 19.8. The first kappa shape index (κ1) is 20.8. The van der Waals surface area contributed by atoms with Crippen LogP contribution in [0.25, 0.3) is 0 Å². The van der Waals surface area contributed by atoms with Gasteiger partial charge in [-0.05, 0) is 36.2 Å². The smallest absolute Gasteiger partial charge is 0.260 e. The molecule has 150 valence electrons. The lowest BCUT2D eigenvalue weighted by atomic mass is 10.0. The number of ketones is 1. The number of thioether (sulfide) groups is 1. The Labute approximate surface area is 172 Å². The molecule has 0 aliphatic rings. The zero-order chi connectivity index (χ0) is 21.0. The third-order valence-corrected chi connectivity index (χ3v) is 5.64. The molecule has 3 rings (SSSR count). The molecule has 0 aliphatic carbocycles. The maximum atomic E-state index is 13.0. The van der Waals surface area contributed by atoms with Crippen LogP contribution in [0.15, 0.2) is 58.5 Å². The second kappa shape index (κ2) is 9.05. The highest BCUT2D eigenvalue weighted by Crippen LogP contribution is 2.23.